The van der Waals surface area contributed by atoms with Crippen LogP contribution in [0.25, 0.3) is 11.8 Å². The first-order valence-electron chi connectivity index (χ1n) is 12.8. The number of benzene rings is 1. The van der Waals surface area contributed by atoms with Crippen molar-refractivity contribution < 1.29 is 9.59 Å². The van der Waals surface area contributed by atoms with Gasteiger partial charge in [0.2, 0.25) is 0 Å². The molecule has 2 aromatic rings. The number of hydrogen-bond donors (Lipinski definition) is 0. The normalized spacial score (nSPS) is 30.0. The number of carbonyl (C=O) groups is 2. The SMILES string of the molecule is Cc1cc(C=C2C(=O)N(C)C(=S)N(C)C2=O)c(C)n1-c1ccc(C23CC4CC(CC(C4)C2)C3)cc1. The lowest BCUT2D eigenvalue weighted by Crippen LogP contribution is -2.52. The maximum atomic E-state index is 12.8. The molecular formula is C29H33N3O2S. The number of thiocarbonyl (C=S) groups is 1. The highest BCUT2D eigenvalue weighted by Crippen LogP contribution is 2.60. The van der Waals surface area contributed by atoms with Crippen molar-refractivity contribution in [1.29, 1.82) is 0 Å². The quantitative estimate of drug-likeness (QED) is 0.341. The Labute approximate surface area is 212 Å². The van der Waals surface area contributed by atoms with Crippen molar-refractivity contribution in [3.63, 3.8) is 0 Å². The van der Waals surface area contributed by atoms with Gasteiger partial charge in [0.05, 0.1) is 0 Å². The zero-order valence-corrected chi connectivity index (χ0v) is 21.8. The van der Waals surface area contributed by atoms with E-state index in [1.54, 1.807) is 20.2 Å². The molecule has 1 saturated heterocycles. The van der Waals surface area contributed by atoms with Crippen LogP contribution in [0.5, 0.6) is 0 Å². The predicted octanol–water partition coefficient (Wildman–Crippen LogP) is 5.16. The standard InChI is InChI=1S/C29H33N3O2S/c1-17-9-22(13-25-26(33)30(3)28(35)31(4)27(25)34)18(2)32(17)24-7-5-23(6-8-24)29-14-19-10-20(15-29)12-21(11-19)16-29/h5-9,13,19-21H,10-12,14-16H2,1-4H3. The second-order valence-electron chi connectivity index (χ2n) is 11.5. The second kappa shape index (κ2) is 7.89. The third kappa shape index (κ3) is 3.44. The van der Waals surface area contributed by atoms with Gasteiger partial charge in [-0.1, -0.05) is 12.1 Å². The molecule has 0 spiro atoms. The van der Waals surface area contributed by atoms with Crippen LogP contribution in [-0.2, 0) is 15.0 Å². The van der Waals surface area contributed by atoms with Crippen molar-refractivity contribution in [3.8, 4) is 5.69 Å². The van der Waals surface area contributed by atoms with E-state index in [4.69, 9.17) is 12.2 Å². The van der Waals surface area contributed by atoms with Gasteiger partial charge in [-0.15, -0.1) is 0 Å². The fourth-order valence-electron chi connectivity index (χ4n) is 7.89. The molecule has 35 heavy (non-hydrogen) atoms. The number of hydrogen-bond acceptors (Lipinski definition) is 3. The van der Waals surface area contributed by atoms with Gasteiger partial charge in [-0.2, -0.15) is 0 Å². The fourth-order valence-corrected chi connectivity index (χ4v) is 8.06. The molecule has 4 bridgehead atoms. The average molecular weight is 488 g/mol. The Bertz CT molecular complexity index is 1220. The molecule has 5 aliphatic rings. The fraction of sp³-hybridized carbons (Fsp3) is 0.483. The summed E-state index contributed by atoms with van der Waals surface area (Å²) in [5.41, 5.74) is 6.13. The lowest BCUT2D eigenvalue weighted by atomic mass is 9.48. The van der Waals surface area contributed by atoms with Crippen molar-refractivity contribution in [2.45, 2.75) is 57.8 Å². The van der Waals surface area contributed by atoms with Crippen LogP contribution in [0.1, 0.15) is 61.0 Å². The molecule has 0 N–H and O–H groups in total. The minimum absolute atomic E-state index is 0.140. The van der Waals surface area contributed by atoms with Gasteiger partial charge in [0.1, 0.15) is 5.57 Å². The van der Waals surface area contributed by atoms with Gasteiger partial charge >= 0.3 is 0 Å². The van der Waals surface area contributed by atoms with Gasteiger partial charge in [0.15, 0.2) is 5.11 Å². The Morgan fingerprint density at radius 3 is 1.91 bits per heavy atom. The van der Waals surface area contributed by atoms with Crippen molar-refractivity contribution in [3.05, 3.63) is 58.4 Å². The van der Waals surface area contributed by atoms with Gasteiger partial charge in [0.25, 0.3) is 11.8 Å². The van der Waals surface area contributed by atoms with Gasteiger partial charge in [-0.3, -0.25) is 19.4 Å². The maximum absolute atomic E-state index is 12.8. The first-order chi connectivity index (χ1) is 16.7. The highest BCUT2D eigenvalue weighted by Gasteiger charge is 2.51. The predicted molar refractivity (Wildman–Crippen MR) is 141 cm³/mol. The highest BCUT2D eigenvalue weighted by atomic mass is 32.1. The van der Waals surface area contributed by atoms with E-state index < -0.39 is 0 Å². The molecule has 1 aromatic heterocycles. The summed E-state index contributed by atoms with van der Waals surface area (Å²) in [5, 5.41) is 0.224. The van der Waals surface area contributed by atoms with Crippen LogP contribution >= 0.6 is 12.2 Å². The summed E-state index contributed by atoms with van der Waals surface area (Å²) in [7, 11) is 3.21. The molecule has 0 unspecified atom stereocenters. The van der Waals surface area contributed by atoms with Crippen molar-refractivity contribution in [1.82, 2.24) is 14.4 Å². The van der Waals surface area contributed by atoms with Crippen molar-refractivity contribution in [2.75, 3.05) is 14.1 Å². The molecule has 0 radical (unpaired) electrons. The third-order valence-electron chi connectivity index (χ3n) is 9.19. The van der Waals surface area contributed by atoms with E-state index in [-0.39, 0.29) is 22.5 Å². The number of rotatable bonds is 3. The zero-order valence-electron chi connectivity index (χ0n) is 21.0. The van der Waals surface area contributed by atoms with Crippen LogP contribution in [0.3, 0.4) is 0 Å². The van der Waals surface area contributed by atoms with Gasteiger partial charge in [-0.05, 0) is 123 Å². The average Bonchev–Trinajstić information content (AvgIpc) is 3.11. The molecule has 1 aliphatic heterocycles. The Kier molecular flexibility index (Phi) is 5.12. The van der Waals surface area contributed by atoms with Crippen LogP contribution in [0.2, 0.25) is 0 Å². The number of carbonyl (C=O) groups excluding carboxylic acids is 2. The van der Waals surface area contributed by atoms with Crippen molar-refractivity contribution >= 4 is 35.2 Å². The molecule has 5 fully saturated rings. The summed E-state index contributed by atoms with van der Waals surface area (Å²) >= 11 is 5.21. The second-order valence-corrected chi connectivity index (χ2v) is 11.8. The highest BCUT2D eigenvalue weighted by molar-refractivity contribution is 7.80. The van der Waals surface area contributed by atoms with E-state index in [1.165, 1.54) is 53.9 Å². The molecule has 7 rings (SSSR count). The molecule has 0 atom stereocenters. The molecule has 4 aliphatic carbocycles. The summed E-state index contributed by atoms with van der Waals surface area (Å²) in [5.74, 6) is 2.08. The number of aromatic nitrogens is 1. The van der Waals surface area contributed by atoms with Crippen LogP contribution in [0, 0.1) is 31.6 Å². The van der Waals surface area contributed by atoms with Gasteiger partial charge in [0, 0.05) is 31.2 Å². The zero-order chi connectivity index (χ0) is 24.6. The molecule has 2 heterocycles. The summed E-state index contributed by atoms with van der Waals surface area (Å²) in [4.78, 5) is 28.3. The summed E-state index contributed by atoms with van der Waals surface area (Å²) in [6.07, 6.45) is 10.2. The van der Waals surface area contributed by atoms with Crippen LogP contribution in [-0.4, -0.2) is 45.4 Å². The van der Waals surface area contributed by atoms with Gasteiger partial charge < -0.3 is 4.57 Å². The first-order valence-corrected chi connectivity index (χ1v) is 13.2. The lowest BCUT2D eigenvalue weighted by molar-refractivity contribution is -0.132. The molecule has 1 aromatic carbocycles. The lowest BCUT2D eigenvalue weighted by Gasteiger charge is -2.57. The minimum Gasteiger partial charge on any atom is -0.318 e. The van der Waals surface area contributed by atoms with E-state index in [9.17, 15) is 9.59 Å². The molecular weight excluding hydrogens is 454 g/mol. The Balaban J connectivity index is 1.32. The smallest absolute Gasteiger partial charge is 0.265 e. The Morgan fingerprint density at radius 1 is 0.886 bits per heavy atom. The molecule has 4 saturated carbocycles. The Hall–Kier alpha value is -2.73. The van der Waals surface area contributed by atoms with E-state index >= 15 is 0 Å². The monoisotopic (exact) mass is 487 g/mol. The maximum Gasteiger partial charge on any atom is 0.265 e. The first kappa shape index (κ1) is 22.7. The number of nitrogens with zero attached hydrogens (tertiary/aromatic N) is 3. The number of aryl methyl sites for hydroxylation is 1. The molecule has 6 heteroatoms. The van der Waals surface area contributed by atoms with Crippen molar-refractivity contribution in [2.24, 2.45) is 17.8 Å². The van der Waals surface area contributed by atoms with Gasteiger partial charge in [-0.25, -0.2) is 0 Å². The van der Waals surface area contributed by atoms with E-state index in [0.717, 1.165) is 40.4 Å². The largest absolute Gasteiger partial charge is 0.318 e. The van der Waals surface area contributed by atoms with Crippen LogP contribution < -0.4 is 0 Å². The summed E-state index contributed by atoms with van der Waals surface area (Å²) in [6.45, 7) is 4.11. The molecule has 2 amide bonds. The summed E-state index contributed by atoms with van der Waals surface area (Å²) in [6, 6.07) is 11.3. The molecule has 182 valence electrons. The van der Waals surface area contributed by atoms with E-state index in [0.29, 0.717) is 5.41 Å². The summed E-state index contributed by atoms with van der Waals surface area (Å²) < 4.78 is 2.21. The number of amides is 2. The van der Waals surface area contributed by atoms with Crippen LogP contribution in [0.15, 0.2) is 35.9 Å². The third-order valence-corrected chi connectivity index (χ3v) is 9.74. The minimum atomic E-state index is -0.358. The number of likely N-dealkylation sites (N-methyl/N-ethyl adjacent to an activating group) is 2. The molecule has 5 nitrogen and oxygen atoms in total. The topological polar surface area (TPSA) is 45.6 Å². The van der Waals surface area contributed by atoms with E-state index in [2.05, 4.69) is 35.8 Å². The Morgan fingerprint density at radius 2 is 1.40 bits per heavy atom. The van der Waals surface area contributed by atoms with Crippen LogP contribution in [0.4, 0.5) is 0 Å². The van der Waals surface area contributed by atoms with E-state index in [1.807, 2.05) is 13.0 Å².